The normalized spacial score (nSPS) is 15.3. The first-order valence-corrected chi connectivity index (χ1v) is 11.8. The molecule has 2 aliphatic rings. The molecular formula is C28H26N2O5. The fraction of sp³-hybridized carbons (Fsp3) is 0.250. The van der Waals surface area contributed by atoms with Gasteiger partial charge in [-0.05, 0) is 59.2 Å². The van der Waals surface area contributed by atoms with E-state index in [0.717, 1.165) is 41.5 Å². The Hall–Kier alpha value is -4.13. The molecule has 2 aliphatic carbocycles. The van der Waals surface area contributed by atoms with Gasteiger partial charge >= 0.3 is 12.1 Å². The average molecular weight is 471 g/mol. The Kier molecular flexibility index (Phi) is 6.23. The first-order valence-electron chi connectivity index (χ1n) is 11.8. The Morgan fingerprint density at radius 2 is 1.57 bits per heavy atom. The first kappa shape index (κ1) is 22.7. The third-order valence-corrected chi connectivity index (χ3v) is 6.90. The van der Waals surface area contributed by atoms with Gasteiger partial charge in [-0.2, -0.15) is 0 Å². The van der Waals surface area contributed by atoms with Crippen LogP contribution in [0.1, 0.15) is 46.7 Å². The van der Waals surface area contributed by atoms with Gasteiger partial charge in [0.25, 0.3) is 0 Å². The zero-order valence-corrected chi connectivity index (χ0v) is 19.1. The highest BCUT2D eigenvalue weighted by atomic mass is 16.5. The zero-order valence-electron chi connectivity index (χ0n) is 19.1. The lowest BCUT2D eigenvalue weighted by molar-refractivity contribution is -0.120. The van der Waals surface area contributed by atoms with Gasteiger partial charge < -0.3 is 20.5 Å². The van der Waals surface area contributed by atoms with Gasteiger partial charge in [0.05, 0.1) is 5.56 Å². The van der Waals surface area contributed by atoms with Crippen LogP contribution in [0.3, 0.4) is 0 Å². The van der Waals surface area contributed by atoms with Crippen molar-refractivity contribution in [1.29, 1.82) is 0 Å². The van der Waals surface area contributed by atoms with Crippen molar-refractivity contribution in [2.75, 3.05) is 11.9 Å². The summed E-state index contributed by atoms with van der Waals surface area (Å²) >= 11 is 0. The lowest BCUT2D eigenvalue weighted by Crippen LogP contribution is -2.50. The van der Waals surface area contributed by atoms with Crippen LogP contribution in [0, 0.1) is 5.92 Å². The third kappa shape index (κ3) is 4.62. The molecule has 3 N–H and O–H groups in total. The highest BCUT2D eigenvalue weighted by Crippen LogP contribution is 2.44. The number of carbonyl (C=O) groups is 3. The molecule has 178 valence electrons. The summed E-state index contributed by atoms with van der Waals surface area (Å²) in [7, 11) is 0. The number of alkyl carbamates (subject to hydrolysis) is 1. The Morgan fingerprint density at radius 1 is 0.914 bits per heavy atom. The van der Waals surface area contributed by atoms with Crippen molar-refractivity contribution in [2.24, 2.45) is 5.92 Å². The van der Waals surface area contributed by atoms with Gasteiger partial charge in [-0.3, -0.25) is 4.79 Å². The SMILES string of the molecule is O=C(NC(C(=O)Nc1cccc(C(=O)O)c1)C1CCC1)OCC1c2ccccc2-c2ccccc21. The highest BCUT2D eigenvalue weighted by Gasteiger charge is 2.35. The number of nitrogens with one attached hydrogen (secondary N) is 2. The number of ether oxygens (including phenoxy) is 1. The number of hydrogen-bond acceptors (Lipinski definition) is 4. The molecule has 3 aromatic rings. The number of fused-ring (bicyclic) bond motifs is 3. The van der Waals surface area contributed by atoms with E-state index in [-0.39, 0.29) is 29.9 Å². The van der Waals surface area contributed by atoms with Crippen LogP contribution in [-0.2, 0) is 9.53 Å². The van der Waals surface area contributed by atoms with E-state index in [1.807, 2.05) is 24.3 Å². The maximum atomic E-state index is 13.0. The van der Waals surface area contributed by atoms with E-state index in [9.17, 15) is 19.5 Å². The summed E-state index contributed by atoms with van der Waals surface area (Å²) in [4.78, 5) is 37.0. The molecule has 0 saturated heterocycles. The number of aromatic carboxylic acids is 1. The predicted octanol–water partition coefficient (Wildman–Crippen LogP) is 5.03. The van der Waals surface area contributed by atoms with E-state index in [1.165, 1.54) is 12.1 Å². The molecule has 0 aromatic heterocycles. The number of rotatable bonds is 7. The number of anilines is 1. The molecule has 0 heterocycles. The van der Waals surface area contributed by atoms with Crippen molar-refractivity contribution in [1.82, 2.24) is 5.32 Å². The second kappa shape index (κ2) is 9.62. The van der Waals surface area contributed by atoms with Gasteiger partial charge in [0.2, 0.25) is 5.91 Å². The van der Waals surface area contributed by atoms with Crippen molar-refractivity contribution < 1.29 is 24.2 Å². The van der Waals surface area contributed by atoms with Crippen molar-refractivity contribution in [2.45, 2.75) is 31.2 Å². The van der Waals surface area contributed by atoms with Crippen LogP contribution in [0.15, 0.2) is 72.8 Å². The van der Waals surface area contributed by atoms with Crippen LogP contribution in [0.4, 0.5) is 10.5 Å². The molecule has 1 saturated carbocycles. The van der Waals surface area contributed by atoms with E-state index >= 15 is 0 Å². The maximum Gasteiger partial charge on any atom is 0.407 e. The molecule has 2 amide bonds. The van der Waals surface area contributed by atoms with E-state index < -0.39 is 18.1 Å². The first-order chi connectivity index (χ1) is 17.0. The van der Waals surface area contributed by atoms with Gasteiger partial charge in [0.1, 0.15) is 12.6 Å². The quantitative estimate of drug-likeness (QED) is 0.449. The molecule has 5 rings (SSSR count). The van der Waals surface area contributed by atoms with Gasteiger partial charge in [0, 0.05) is 11.6 Å². The second-order valence-corrected chi connectivity index (χ2v) is 9.01. The maximum absolute atomic E-state index is 13.0. The summed E-state index contributed by atoms with van der Waals surface area (Å²) in [5.41, 5.74) is 4.97. The van der Waals surface area contributed by atoms with Crippen LogP contribution >= 0.6 is 0 Å². The second-order valence-electron chi connectivity index (χ2n) is 9.01. The van der Waals surface area contributed by atoms with E-state index in [2.05, 4.69) is 34.9 Å². The fourth-order valence-corrected chi connectivity index (χ4v) is 4.89. The Labute approximate surface area is 203 Å². The molecule has 1 unspecified atom stereocenters. The monoisotopic (exact) mass is 470 g/mol. The van der Waals surface area contributed by atoms with E-state index in [1.54, 1.807) is 12.1 Å². The van der Waals surface area contributed by atoms with Gasteiger partial charge in [-0.1, -0.05) is 61.0 Å². The van der Waals surface area contributed by atoms with Crippen LogP contribution in [0.2, 0.25) is 0 Å². The predicted molar refractivity (Wildman–Crippen MR) is 131 cm³/mol. The lowest BCUT2D eigenvalue weighted by atomic mass is 9.79. The highest BCUT2D eigenvalue weighted by molar-refractivity contribution is 5.98. The van der Waals surface area contributed by atoms with Crippen LogP contribution in [0.25, 0.3) is 11.1 Å². The molecule has 0 spiro atoms. The fourth-order valence-electron chi connectivity index (χ4n) is 4.89. The van der Waals surface area contributed by atoms with Crippen molar-refractivity contribution in [3.8, 4) is 11.1 Å². The topological polar surface area (TPSA) is 105 Å². The zero-order chi connectivity index (χ0) is 24.4. The smallest absolute Gasteiger partial charge is 0.407 e. The molecule has 0 bridgehead atoms. The van der Waals surface area contributed by atoms with Crippen LogP contribution in [0.5, 0.6) is 0 Å². The minimum atomic E-state index is -1.08. The number of amides is 2. The third-order valence-electron chi connectivity index (χ3n) is 6.90. The largest absolute Gasteiger partial charge is 0.478 e. The summed E-state index contributed by atoms with van der Waals surface area (Å²) in [6, 6.07) is 21.5. The van der Waals surface area contributed by atoms with Gasteiger partial charge in [-0.15, -0.1) is 0 Å². The number of carboxylic acids is 1. The van der Waals surface area contributed by atoms with Crippen molar-refractivity contribution >= 4 is 23.7 Å². The van der Waals surface area contributed by atoms with Crippen molar-refractivity contribution in [3.05, 3.63) is 89.5 Å². The molecule has 1 atom stereocenters. The summed E-state index contributed by atoms with van der Waals surface area (Å²) in [5.74, 6) is -1.51. The van der Waals surface area contributed by atoms with Crippen molar-refractivity contribution in [3.63, 3.8) is 0 Å². The molecule has 1 fully saturated rings. The Morgan fingerprint density at radius 3 is 2.17 bits per heavy atom. The molecule has 3 aromatic carbocycles. The standard InChI is InChI=1S/C28H26N2O5/c31-26(29-19-10-6-9-18(15-19)27(32)33)25(17-7-5-8-17)30-28(34)35-16-24-22-13-3-1-11-20(22)21-12-2-4-14-23(21)24/h1-4,6,9-15,17,24-25H,5,7-8,16H2,(H,29,31)(H,30,34)(H,32,33). The van der Waals surface area contributed by atoms with E-state index in [0.29, 0.717) is 5.69 Å². The number of hydrogen-bond donors (Lipinski definition) is 3. The number of carbonyl (C=O) groups excluding carboxylic acids is 2. The molecular weight excluding hydrogens is 444 g/mol. The molecule has 7 heteroatoms. The summed E-state index contributed by atoms with van der Waals surface area (Å²) < 4.78 is 5.63. The molecule has 7 nitrogen and oxygen atoms in total. The van der Waals surface area contributed by atoms with Gasteiger partial charge in [0.15, 0.2) is 0 Å². The lowest BCUT2D eigenvalue weighted by Gasteiger charge is -2.33. The number of benzene rings is 3. The van der Waals surface area contributed by atoms with Crippen LogP contribution in [-0.4, -0.2) is 35.7 Å². The number of carboxylic acid groups (broad SMARTS) is 1. The van der Waals surface area contributed by atoms with Gasteiger partial charge in [-0.25, -0.2) is 9.59 Å². The minimum Gasteiger partial charge on any atom is -0.478 e. The molecule has 0 aliphatic heterocycles. The molecule has 0 radical (unpaired) electrons. The summed E-state index contributed by atoms with van der Waals surface area (Å²) in [5, 5.41) is 14.7. The summed E-state index contributed by atoms with van der Waals surface area (Å²) in [6.45, 7) is 0.166. The van der Waals surface area contributed by atoms with E-state index in [4.69, 9.17) is 4.74 Å². The summed E-state index contributed by atoms with van der Waals surface area (Å²) in [6.07, 6.45) is 2.02. The Bertz CT molecular complexity index is 1240. The average Bonchev–Trinajstić information content (AvgIpc) is 3.15. The molecule has 35 heavy (non-hydrogen) atoms. The minimum absolute atomic E-state index is 0.0122. The Balaban J connectivity index is 1.26. The van der Waals surface area contributed by atoms with Crippen LogP contribution < -0.4 is 10.6 Å².